The summed E-state index contributed by atoms with van der Waals surface area (Å²) in [4.78, 5) is 0. The van der Waals surface area contributed by atoms with Gasteiger partial charge in [0.15, 0.2) is 0 Å². The summed E-state index contributed by atoms with van der Waals surface area (Å²) < 4.78 is 41.8. The van der Waals surface area contributed by atoms with E-state index in [9.17, 15) is 8.78 Å². The van der Waals surface area contributed by atoms with Crippen molar-refractivity contribution in [3.63, 3.8) is 0 Å². The van der Waals surface area contributed by atoms with Gasteiger partial charge in [0, 0.05) is 24.4 Å². The molecule has 1 aromatic heterocycles. The number of aromatic nitrogens is 2. The van der Waals surface area contributed by atoms with E-state index in [1.54, 1.807) is 30.1 Å². The van der Waals surface area contributed by atoms with Crippen LogP contribution in [-0.2, 0) is 16.4 Å². The number of hydrogen-bond acceptors (Lipinski definition) is 3. The highest BCUT2D eigenvalue weighted by molar-refractivity contribution is 6.54. The number of benzene rings is 1. The van der Waals surface area contributed by atoms with Gasteiger partial charge in [0.25, 0.3) is 0 Å². The van der Waals surface area contributed by atoms with Gasteiger partial charge in [-0.15, -0.1) is 0 Å². The first-order valence-corrected chi connectivity index (χ1v) is 8.11. The van der Waals surface area contributed by atoms with Gasteiger partial charge in [0.2, 0.25) is 0 Å². The zero-order valence-electron chi connectivity index (χ0n) is 15.0. The number of hydrogen-bond donors (Lipinski definition) is 0. The third-order valence-electron chi connectivity index (χ3n) is 4.88. The zero-order valence-corrected chi connectivity index (χ0v) is 15.0. The second-order valence-electron chi connectivity index (χ2n) is 7.19. The Labute approximate surface area is 146 Å². The SMILES string of the molecule is Cn1nccc1-c1ccc(F)c(C=C(F)B2OC(C)(C)C(C)(C)O2)c1. The zero-order chi connectivity index (χ0) is 18.4. The van der Waals surface area contributed by atoms with Crippen LogP contribution in [0.15, 0.2) is 36.2 Å². The number of nitrogens with zero attached hydrogens (tertiary/aromatic N) is 2. The van der Waals surface area contributed by atoms with Crippen LogP contribution in [0, 0.1) is 5.82 Å². The van der Waals surface area contributed by atoms with Gasteiger partial charge in [-0.25, -0.2) is 8.78 Å². The highest BCUT2D eigenvalue weighted by Crippen LogP contribution is 2.39. The van der Waals surface area contributed by atoms with Gasteiger partial charge in [-0.2, -0.15) is 5.10 Å². The lowest BCUT2D eigenvalue weighted by Crippen LogP contribution is -2.41. The molecule has 0 bridgehead atoms. The number of halogens is 2. The van der Waals surface area contributed by atoms with E-state index in [0.29, 0.717) is 0 Å². The highest BCUT2D eigenvalue weighted by Gasteiger charge is 2.53. The van der Waals surface area contributed by atoms with E-state index in [1.807, 2.05) is 33.8 Å². The third-order valence-corrected chi connectivity index (χ3v) is 4.88. The Morgan fingerprint density at radius 1 is 1.16 bits per heavy atom. The molecule has 4 nitrogen and oxygen atoms in total. The summed E-state index contributed by atoms with van der Waals surface area (Å²) in [5, 5.41) is 4.09. The Balaban J connectivity index is 1.92. The van der Waals surface area contributed by atoms with Crippen LogP contribution in [0.1, 0.15) is 33.3 Å². The van der Waals surface area contributed by atoms with Crippen LogP contribution in [0.2, 0.25) is 0 Å². The van der Waals surface area contributed by atoms with Crippen LogP contribution < -0.4 is 0 Å². The van der Waals surface area contributed by atoms with Crippen molar-refractivity contribution in [2.45, 2.75) is 38.9 Å². The third kappa shape index (κ3) is 3.26. The molecule has 1 aliphatic rings. The minimum Gasteiger partial charge on any atom is -0.398 e. The lowest BCUT2D eigenvalue weighted by Gasteiger charge is -2.32. The molecule has 0 radical (unpaired) electrons. The Bertz CT molecular complexity index is 814. The van der Waals surface area contributed by atoms with E-state index < -0.39 is 29.9 Å². The summed E-state index contributed by atoms with van der Waals surface area (Å²) in [6, 6.07) is 6.34. The molecule has 2 aromatic rings. The van der Waals surface area contributed by atoms with E-state index >= 15 is 0 Å². The molecule has 1 aromatic carbocycles. The molecule has 25 heavy (non-hydrogen) atoms. The fraction of sp³-hybridized carbons (Fsp3) is 0.389. The van der Waals surface area contributed by atoms with E-state index in [0.717, 1.165) is 17.3 Å². The van der Waals surface area contributed by atoms with Gasteiger partial charge in [0.05, 0.1) is 16.9 Å². The molecule has 1 aliphatic heterocycles. The van der Waals surface area contributed by atoms with Crippen molar-refractivity contribution in [1.82, 2.24) is 9.78 Å². The fourth-order valence-corrected chi connectivity index (χ4v) is 2.64. The van der Waals surface area contributed by atoms with Crippen LogP contribution in [0.3, 0.4) is 0 Å². The quantitative estimate of drug-likeness (QED) is 0.783. The van der Waals surface area contributed by atoms with Crippen molar-refractivity contribution < 1.29 is 18.1 Å². The molecule has 132 valence electrons. The van der Waals surface area contributed by atoms with Crippen LogP contribution in [0.5, 0.6) is 0 Å². The molecule has 0 unspecified atom stereocenters. The average molecular weight is 346 g/mol. The van der Waals surface area contributed by atoms with Gasteiger partial charge < -0.3 is 9.31 Å². The van der Waals surface area contributed by atoms with E-state index in [-0.39, 0.29) is 5.56 Å². The minimum atomic E-state index is -1.15. The molecule has 1 saturated heterocycles. The topological polar surface area (TPSA) is 36.3 Å². The smallest absolute Gasteiger partial charge is 0.398 e. The molecular weight excluding hydrogens is 325 g/mol. The van der Waals surface area contributed by atoms with Crippen LogP contribution in [-0.4, -0.2) is 28.1 Å². The summed E-state index contributed by atoms with van der Waals surface area (Å²) >= 11 is 0. The Morgan fingerprint density at radius 3 is 2.36 bits per heavy atom. The predicted molar refractivity (Wildman–Crippen MR) is 93.8 cm³/mol. The van der Waals surface area contributed by atoms with Crippen LogP contribution in [0.4, 0.5) is 8.78 Å². The summed E-state index contributed by atoms with van der Waals surface area (Å²) in [5.41, 5.74) is -0.290. The lowest BCUT2D eigenvalue weighted by atomic mass is 9.86. The van der Waals surface area contributed by atoms with Gasteiger partial charge in [-0.1, -0.05) is 0 Å². The molecule has 0 N–H and O–H groups in total. The molecule has 0 spiro atoms. The first kappa shape index (κ1) is 17.8. The van der Waals surface area contributed by atoms with Crippen molar-refractivity contribution in [2.75, 3.05) is 0 Å². The van der Waals surface area contributed by atoms with Crippen LogP contribution in [0.25, 0.3) is 17.3 Å². The second-order valence-corrected chi connectivity index (χ2v) is 7.19. The molecule has 0 amide bonds. The Hall–Kier alpha value is -1.99. The molecule has 1 fully saturated rings. The van der Waals surface area contributed by atoms with Gasteiger partial charge in [-0.3, -0.25) is 4.68 Å². The highest BCUT2D eigenvalue weighted by atomic mass is 19.1. The summed E-state index contributed by atoms with van der Waals surface area (Å²) in [6.45, 7) is 7.35. The molecule has 7 heteroatoms. The van der Waals surface area contributed by atoms with Crippen molar-refractivity contribution in [3.05, 3.63) is 47.6 Å². The largest absolute Gasteiger partial charge is 0.525 e. The minimum absolute atomic E-state index is 0.130. The molecule has 0 saturated carbocycles. The van der Waals surface area contributed by atoms with Gasteiger partial charge >= 0.3 is 7.12 Å². The second kappa shape index (κ2) is 6.07. The lowest BCUT2D eigenvalue weighted by molar-refractivity contribution is 0.00578. The van der Waals surface area contributed by atoms with Gasteiger partial charge in [0.1, 0.15) is 11.5 Å². The number of rotatable bonds is 3. The Morgan fingerprint density at radius 2 is 1.80 bits per heavy atom. The Kier molecular flexibility index (Phi) is 4.33. The predicted octanol–water partition coefficient (Wildman–Crippen LogP) is 4.17. The van der Waals surface area contributed by atoms with Gasteiger partial charge in [-0.05, 0) is 58.0 Å². The summed E-state index contributed by atoms with van der Waals surface area (Å²) in [6.07, 6.45) is 2.77. The molecule has 2 heterocycles. The molecular formula is C18H21BF2N2O2. The monoisotopic (exact) mass is 346 g/mol. The number of aryl methyl sites for hydroxylation is 1. The normalized spacial score (nSPS) is 19.5. The summed E-state index contributed by atoms with van der Waals surface area (Å²) in [5.74, 6) is -0.516. The van der Waals surface area contributed by atoms with E-state index in [1.165, 1.54) is 6.07 Å². The maximum absolute atomic E-state index is 14.6. The van der Waals surface area contributed by atoms with E-state index in [4.69, 9.17) is 9.31 Å². The average Bonchev–Trinajstić information content (AvgIpc) is 3.02. The van der Waals surface area contributed by atoms with Crippen molar-refractivity contribution in [2.24, 2.45) is 7.05 Å². The van der Waals surface area contributed by atoms with Crippen molar-refractivity contribution >= 4 is 13.2 Å². The van der Waals surface area contributed by atoms with E-state index in [2.05, 4.69) is 5.10 Å². The summed E-state index contributed by atoms with van der Waals surface area (Å²) in [7, 11) is 0.642. The molecule has 0 atom stereocenters. The van der Waals surface area contributed by atoms with Crippen molar-refractivity contribution in [3.8, 4) is 11.3 Å². The van der Waals surface area contributed by atoms with Crippen molar-refractivity contribution in [1.29, 1.82) is 0 Å². The molecule has 3 rings (SSSR count). The first-order valence-electron chi connectivity index (χ1n) is 8.11. The maximum atomic E-state index is 14.6. The molecule has 0 aliphatic carbocycles. The maximum Gasteiger partial charge on any atom is 0.525 e. The van der Waals surface area contributed by atoms with Crippen LogP contribution >= 0.6 is 0 Å². The first-order chi connectivity index (χ1) is 11.6. The fourth-order valence-electron chi connectivity index (χ4n) is 2.64. The standard InChI is InChI=1S/C18H21BF2N2O2/c1-17(2)18(3,4)25-19(24-17)16(21)11-13-10-12(6-7-14(13)20)15-8-9-22-23(15)5/h6-11H,1-5H3.